The maximum atomic E-state index is 11.2. The normalized spacial score (nSPS) is 11.9. The molecule has 3 heterocycles. The van der Waals surface area contributed by atoms with E-state index in [2.05, 4.69) is 15.0 Å². The van der Waals surface area contributed by atoms with Gasteiger partial charge in [0.1, 0.15) is 17.6 Å². The van der Waals surface area contributed by atoms with Crippen molar-refractivity contribution in [2.24, 2.45) is 0 Å². The smallest absolute Gasteiger partial charge is 0.411 e. The second-order valence-corrected chi connectivity index (χ2v) is 7.62. The Morgan fingerprint density at radius 2 is 2.23 bits per heavy atom. The van der Waals surface area contributed by atoms with Gasteiger partial charge in [0.25, 0.3) is 0 Å². The molecule has 0 saturated carbocycles. The Kier molecular flexibility index (Phi) is 4.92. The lowest BCUT2D eigenvalue weighted by Gasteiger charge is -2.13. The van der Waals surface area contributed by atoms with E-state index < -0.39 is 6.09 Å². The van der Waals surface area contributed by atoms with Crippen molar-refractivity contribution in [1.29, 1.82) is 5.26 Å². The second kappa shape index (κ2) is 7.15. The molecular weight excluding hydrogens is 372 g/mol. The van der Waals surface area contributed by atoms with E-state index in [4.69, 9.17) is 11.0 Å². The number of nitrogens with two attached hydrogens (primary N) is 1. The molecule has 8 nitrogen and oxygen atoms in total. The van der Waals surface area contributed by atoms with Gasteiger partial charge in [0.2, 0.25) is 0 Å². The fraction of sp³-hybridized carbons (Fsp3) is 0.188. The summed E-state index contributed by atoms with van der Waals surface area (Å²) >= 11 is 2.77. The molecule has 26 heavy (non-hydrogen) atoms. The van der Waals surface area contributed by atoms with E-state index >= 15 is 0 Å². The number of carbonyl (C=O) groups is 1. The number of anilines is 2. The van der Waals surface area contributed by atoms with Gasteiger partial charge in [-0.3, -0.25) is 9.88 Å². The first-order valence-corrected chi connectivity index (χ1v) is 9.20. The van der Waals surface area contributed by atoms with Gasteiger partial charge in [-0.25, -0.2) is 14.8 Å². The summed E-state index contributed by atoms with van der Waals surface area (Å²) in [5.74, 6) is 0.234. The minimum atomic E-state index is -1.03. The van der Waals surface area contributed by atoms with Crippen LogP contribution < -0.4 is 10.6 Å². The number of carboxylic acid groups (broad SMARTS) is 1. The molecule has 1 atom stereocenters. The van der Waals surface area contributed by atoms with Crippen LogP contribution in [-0.2, 0) is 0 Å². The largest absolute Gasteiger partial charge is 0.465 e. The SMILES string of the molecule is CC(Sc1nc(N)cc(C#N)n1)c1cc2c(N(C)C(=O)O)csc2cn1. The van der Waals surface area contributed by atoms with Gasteiger partial charge in [-0.15, -0.1) is 11.3 Å². The zero-order valence-corrected chi connectivity index (χ0v) is 15.5. The van der Waals surface area contributed by atoms with Gasteiger partial charge in [-0.1, -0.05) is 11.8 Å². The first kappa shape index (κ1) is 17.9. The highest BCUT2D eigenvalue weighted by Gasteiger charge is 2.17. The van der Waals surface area contributed by atoms with Crippen molar-refractivity contribution in [3.63, 3.8) is 0 Å². The predicted octanol–water partition coefficient (Wildman–Crippen LogP) is 3.51. The van der Waals surface area contributed by atoms with Crippen LogP contribution in [0.15, 0.2) is 28.9 Å². The topological polar surface area (TPSA) is 129 Å². The standard InChI is InChI=1S/C16H14N6O2S2/c1-8(26-15-20-9(5-17)3-14(18)21-15)11-4-10-12(22(2)16(23)24)7-25-13(10)6-19-11/h3-4,6-8H,1-2H3,(H,23,24)(H2,18,20,21). The Labute approximate surface area is 157 Å². The van der Waals surface area contributed by atoms with E-state index in [1.165, 1.54) is 41.1 Å². The molecule has 0 radical (unpaired) electrons. The van der Waals surface area contributed by atoms with Gasteiger partial charge in [0.15, 0.2) is 5.16 Å². The summed E-state index contributed by atoms with van der Waals surface area (Å²) in [4.78, 5) is 25.2. The van der Waals surface area contributed by atoms with Crippen LogP contribution in [0.5, 0.6) is 0 Å². The molecule has 3 rings (SSSR count). The first-order valence-electron chi connectivity index (χ1n) is 7.44. The number of fused-ring (bicyclic) bond motifs is 1. The van der Waals surface area contributed by atoms with E-state index in [0.29, 0.717) is 10.8 Å². The number of hydrogen-bond donors (Lipinski definition) is 2. The van der Waals surface area contributed by atoms with E-state index in [9.17, 15) is 9.90 Å². The fourth-order valence-corrected chi connectivity index (χ4v) is 4.10. The van der Waals surface area contributed by atoms with E-state index in [1.54, 1.807) is 11.6 Å². The molecule has 0 saturated heterocycles. The molecule has 0 aliphatic rings. The summed E-state index contributed by atoms with van der Waals surface area (Å²) in [6.07, 6.45) is 0.703. The minimum absolute atomic E-state index is 0.115. The molecule has 0 aliphatic carbocycles. The number of nitrogen functional groups attached to an aromatic ring is 1. The van der Waals surface area contributed by atoms with Crippen molar-refractivity contribution in [2.45, 2.75) is 17.3 Å². The van der Waals surface area contributed by atoms with E-state index in [1.807, 2.05) is 19.1 Å². The quantitative estimate of drug-likeness (QED) is 0.515. The van der Waals surface area contributed by atoms with Gasteiger partial charge < -0.3 is 10.8 Å². The second-order valence-electron chi connectivity index (χ2n) is 5.40. The number of aromatic nitrogens is 3. The highest BCUT2D eigenvalue weighted by Crippen LogP contribution is 2.37. The Bertz CT molecular complexity index is 1030. The predicted molar refractivity (Wildman–Crippen MR) is 101 cm³/mol. The van der Waals surface area contributed by atoms with Crippen LogP contribution in [0.4, 0.5) is 16.3 Å². The molecule has 0 spiro atoms. The van der Waals surface area contributed by atoms with E-state index in [-0.39, 0.29) is 16.8 Å². The summed E-state index contributed by atoms with van der Waals surface area (Å²) in [6, 6.07) is 5.24. The summed E-state index contributed by atoms with van der Waals surface area (Å²) in [5, 5.41) is 21.1. The van der Waals surface area contributed by atoms with Gasteiger partial charge in [-0.05, 0) is 13.0 Å². The summed E-state index contributed by atoms with van der Waals surface area (Å²) < 4.78 is 0.904. The van der Waals surface area contributed by atoms with Crippen molar-refractivity contribution in [3.05, 3.63) is 35.1 Å². The lowest BCUT2D eigenvalue weighted by Crippen LogP contribution is -2.23. The number of thiophene rings is 1. The molecule has 3 N–H and O–H groups in total. The van der Waals surface area contributed by atoms with Crippen LogP contribution >= 0.6 is 23.1 Å². The van der Waals surface area contributed by atoms with Crippen molar-refractivity contribution >= 4 is 50.8 Å². The highest BCUT2D eigenvalue weighted by atomic mass is 32.2. The number of pyridine rings is 1. The van der Waals surface area contributed by atoms with Crippen molar-refractivity contribution < 1.29 is 9.90 Å². The molecule has 0 bridgehead atoms. The van der Waals surface area contributed by atoms with Gasteiger partial charge in [-0.2, -0.15) is 5.26 Å². The molecule has 0 aromatic carbocycles. The molecular formula is C16H14N6O2S2. The minimum Gasteiger partial charge on any atom is -0.465 e. The number of amides is 1. The fourth-order valence-electron chi connectivity index (χ4n) is 2.29. The molecule has 1 amide bonds. The highest BCUT2D eigenvalue weighted by molar-refractivity contribution is 7.99. The third-order valence-corrected chi connectivity index (χ3v) is 5.56. The molecule has 3 aromatic rings. The molecule has 0 aliphatic heterocycles. The average Bonchev–Trinajstić information content (AvgIpc) is 3.03. The lowest BCUT2D eigenvalue weighted by atomic mass is 10.2. The number of nitriles is 1. The first-order chi connectivity index (χ1) is 12.4. The van der Waals surface area contributed by atoms with Crippen LogP contribution in [0.25, 0.3) is 10.1 Å². The van der Waals surface area contributed by atoms with Gasteiger partial charge in [0, 0.05) is 30.1 Å². The molecule has 10 heteroatoms. The Morgan fingerprint density at radius 3 is 2.92 bits per heavy atom. The van der Waals surface area contributed by atoms with Crippen molar-refractivity contribution in [2.75, 3.05) is 17.7 Å². The van der Waals surface area contributed by atoms with E-state index in [0.717, 1.165) is 15.8 Å². The zero-order valence-electron chi connectivity index (χ0n) is 13.9. The number of rotatable bonds is 4. The maximum Gasteiger partial charge on any atom is 0.411 e. The monoisotopic (exact) mass is 386 g/mol. The third-order valence-electron chi connectivity index (χ3n) is 3.65. The summed E-state index contributed by atoms with van der Waals surface area (Å²) in [6.45, 7) is 1.93. The van der Waals surface area contributed by atoms with Crippen LogP contribution in [-0.4, -0.2) is 33.2 Å². The Hall–Kier alpha value is -2.90. The van der Waals surface area contributed by atoms with Crippen LogP contribution in [0.1, 0.15) is 23.6 Å². The average molecular weight is 386 g/mol. The lowest BCUT2D eigenvalue weighted by molar-refractivity contribution is 0.203. The van der Waals surface area contributed by atoms with Crippen molar-refractivity contribution in [3.8, 4) is 6.07 Å². The van der Waals surface area contributed by atoms with Crippen LogP contribution in [0.2, 0.25) is 0 Å². The Morgan fingerprint density at radius 1 is 1.46 bits per heavy atom. The third kappa shape index (κ3) is 3.54. The molecule has 0 fully saturated rings. The van der Waals surface area contributed by atoms with Crippen molar-refractivity contribution in [1.82, 2.24) is 15.0 Å². The van der Waals surface area contributed by atoms with Gasteiger partial charge >= 0.3 is 6.09 Å². The summed E-state index contributed by atoms with van der Waals surface area (Å²) in [5.41, 5.74) is 7.28. The molecule has 3 aromatic heterocycles. The van der Waals surface area contributed by atoms with Crippen LogP contribution in [0.3, 0.4) is 0 Å². The zero-order chi connectivity index (χ0) is 18.8. The summed E-state index contributed by atoms with van der Waals surface area (Å²) in [7, 11) is 1.51. The number of thioether (sulfide) groups is 1. The Balaban J connectivity index is 1.92. The number of hydrogen-bond acceptors (Lipinski definition) is 8. The van der Waals surface area contributed by atoms with Crippen LogP contribution in [0, 0.1) is 11.3 Å². The maximum absolute atomic E-state index is 11.2. The number of nitrogens with zero attached hydrogens (tertiary/aromatic N) is 5. The molecule has 1 unspecified atom stereocenters. The molecule has 132 valence electrons. The van der Waals surface area contributed by atoms with Gasteiger partial charge in [0.05, 0.1) is 21.3 Å².